The van der Waals surface area contributed by atoms with Crippen molar-refractivity contribution in [2.45, 2.75) is 0 Å². The number of ether oxygens (including phenoxy) is 1. The van der Waals surface area contributed by atoms with Gasteiger partial charge in [-0.2, -0.15) is 10.4 Å². The predicted molar refractivity (Wildman–Crippen MR) is 71.3 cm³/mol. The van der Waals surface area contributed by atoms with Crippen molar-refractivity contribution < 1.29 is 4.74 Å². The van der Waals surface area contributed by atoms with Gasteiger partial charge in [0, 0.05) is 25.4 Å². The van der Waals surface area contributed by atoms with Crippen LogP contribution in [-0.2, 0) is 4.74 Å². The number of hydrogen-bond acceptors (Lipinski definition) is 4. The van der Waals surface area contributed by atoms with Gasteiger partial charge in [-0.3, -0.25) is 0 Å². The van der Waals surface area contributed by atoms with Crippen LogP contribution in [0.15, 0.2) is 36.5 Å². The van der Waals surface area contributed by atoms with Crippen LogP contribution in [0, 0.1) is 11.3 Å². The van der Waals surface area contributed by atoms with E-state index in [9.17, 15) is 0 Å². The number of anilines is 1. The Morgan fingerprint density at radius 1 is 1.11 bits per heavy atom. The molecular formula is C14H14N4O. The molecule has 0 unspecified atom stereocenters. The van der Waals surface area contributed by atoms with Crippen molar-refractivity contribution in [1.29, 1.82) is 5.26 Å². The molecule has 1 aromatic carbocycles. The van der Waals surface area contributed by atoms with Crippen molar-refractivity contribution >= 4 is 5.82 Å². The highest BCUT2D eigenvalue weighted by Gasteiger charge is 2.13. The Hall–Kier alpha value is -2.32. The van der Waals surface area contributed by atoms with Gasteiger partial charge in [0.2, 0.25) is 0 Å². The molecule has 1 aliphatic rings. The number of aromatic nitrogens is 2. The third kappa shape index (κ3) is 2.44. The number of hydrogen-bond donors (Lipinski definition) is 0. The van der Waals surface area contributed by atoms with Gasteiger partial charge in [0.15, 0.2) is 5.82 Å². The fourth-order valence-electron chi connectivity index (χ4n) is 2.11. The summed E-state index contributed by atoms with van der Waals surface area (Å²) in [6.07, 6.45) is 1.94. The summed E-state index contributed by atoms with van der Waals surface area (Å²) in [6.45, 7) is 3.27. The molecule has 3 rings (SSSR count). The maximum absolute atomic E-state index is 8.78. The normalized spacial score (nSPS) is 15.2. The highest BCUT2D eigenvalue weighted by molar-refractivity contribution is 5.43. The van der Waals surface area contributed by atoms with Crippen molar-refractivity contribution in [2.75, 3.05) is 31.2 Å². The minimum absolute atomic E-state index is 0.657. The van der Waals surface area contributed by atoms with Gasteiger partial charge in [-0.1, -0.05) is 0 Å². The Morgan fingerprint density at radius 2 is 1.84 bits per heavy atom. The van der Waals surface area contributed by atoms with Gasteiger partial charge in [0.1, 0.15) is 0 Å². The van der Waals surface area contributed by atoms with E-state index >= 15 is 0 Å². The SMILES string of the molecule is N#Cc1ccc(-n2ccc(N3CCOCC3)n2)cc1. The van der Waals surface area contributed by atoms with Crippen molar-refractivity contribution in [3.8, 4) is 11.8 Å². The van der Waals surface area contributed by atoms with Gasteiger partial charge in [-0.25, -0.2) is 4.68 Å². The number of benzene rings is 1. The molecule has 5 nitrogen and oxygen atoms in total. The largest absolute Gasteiger partial charge is 0.378 e. The van der Waals surface area contributed by atoms with Gasteiger partial charge >= 0.3 is 0 Å². The van der Waals surface area contributed by atoms with Gasteiger partial charge in [-0.15, -0.1) is 0 Å². The van der Waals surface area contributed by atoms with E-state index in [1.54, 1.807) is 12.1 Å². The summed E-state index contributed by atoms with van der Waals surface area (Å²) in [5, 5.41) is 13.3. The summed E-state index contributed by atoms with van der Waals surface area (Å²) >= 11 is 0. The zero-order chi connectivity index (χ0) is 13.1. The quantitative estimate of drug-likeness (QED) is 0.816. The minimum Gasteiger partial charge on any atom is -0.378 e. The van der Waals surface area contributed by atoms with Crippen molar-refractivity contribution in [3.05, 3.63) is 42.1 Å². The Kier molecular flexibility index (Phi) is 3.17. The molecule has 5 heteroatoms. The summed E-state index contributed by atoms with van der Waals surface area (Å²) in [4.78, 5) is 2.21. The summed E-state index contributed by atoms with van der Waals surface area (Å²) in [5.74, 6) is 0.965. The van der Waals surface area contributed by atoms with Crippen molar-refractivity contribution in [2.24, 2.45) is 0 Å². The van der Waals surface area contributed by atoms with Crippen LogP contribution in [0.3, 0.4) is 0 Å². The number of morpholine rings is 1. The smallest absolute Gasteiger partial charge is 0.151 e. The zero-order valence-electron chi connectivity index (χ0n) is 10.5. The van der Waals surface area contributed by atoms with Crippen LogP contribution < -0.4 is 4.90 Å². The monoisotopic (exact) mass is 254 g/mol. The number of nitriles is 1. The van der Waals surface area contributed by atoms with E-state index < -0.39 is 0 Å². The van der Waals surface area contributed by atoms with E-state index in [0.29, 0.717) is 5.56 Å². The van der Waals surface area contributed by atoms with Crippen molar-refractivity contribution in [3.63, 3.8) is 0 Å². The molecule has 1 saturated heterocycles. The average Bonchev–Trinajstić information content (AvgIpc) is 2.98. The first-order valence-electron chi connectivity index (χ1n) is 6.26. The topological polar surface area (TPSA) is 54.1 Å². The van der Waals surface area contributed by atoms with E-state index in [2.05, 4.69) is 16.1 Å². The predicted octanol–water partition coefficient (Wildman–Crippen LogP) is 1.58. The Labute approximate surface area is 111 Å². The summed E-state index contributed by atoms with van der Waals surface area (Å²) < 4.78 is 7.16. The first-order valence-corrected chi connectivity index (χ1v) is 6.26. The van der Waals surface area contributed by atoms with Crippen LogP contribution in [0.25, 0.3) is 5.69 Å². The second-order valence-electron chi connectivity index (χ2n) is 4.38. The first-order chi connectivity index (χ1) is 9.36. The Morgan fingerprint density at radius 3 is 2.53 bits per heavy atom. The number of nitrogens with zero attached hydrogens (tertiary/aromatic N) is 4. The van der Waals surface area contributed by atoms with Gasteiger partial charge in [0.25, 0.3) is 0 Å². The molecule has 1 aliphatic heterocycles. The van der Waals surface area contributed by atoms with Crippen LogP contribution in [0.5, 0.6) is 0 Å². The summed E-state index contributed by atoms with van der Waals surface area (Å²) in [7, 11) is 0. The highest BCUT2D eigenvalue weighted by Crippen LogP contribution is 2.15. The van der Waals surface area contributed by atoms with Gasteiger partial charge < -0.3 is 9.64 Å². The molecule has 0 saturated carbocycles. The third-order valence-corrected chi connectivity index (χ3v) is 3.17. The number of rotatable bonds is 2. The molecular weight excluding hydrogens is 240 g/mol. The summed E-state index contributed by atoms with van der Waals surface area (Å²) in [6, 6.07) is 11.5. The molecule has 0 aliphatic carbocycles. The average molecular weight is 254 g/mol. The van der Waals surface area contributed by atoms with E-state index in [1.807, 2.05) is 29.1 Å². The lowest BCUT2D eigenvalue weighted by Gasteiger charge is -2.26. The lowest BCUT2D eigenvalue weighted by atomic mass is 10.2. The minimum atomic E-state index is 0.657. The molecule has 0 N–H and O–H groups in total. The molecule has 1 fully saturated rings. The highest BCUT2D eigenvalue weighted by atomic mass is 16.5. The molecule has 2 aromatic rings. The van der Waals surface area contributed by atoms with Crippen LogP contribution in [0.1, 0.15) is 5.56 Å². The lowest BCUT2D eigenvalue weighted by Crippen LogP contribution is -2.36. The van der Waals surface area contributed by atoms with E-state index in [-0.39, 0.29) is 0 Å². The van der Waals surface area contributed by atoms with Gasteiger partial charge in [-0.05, 0) is 24.3 Å². The lowest BCUT2D eigenvalue weighted by molar-refractivity contribution is 0.122. The van der Waals surface area contributed by atoms with Crippen LogP contribution in [0.4, 0.5) is 5.82 Å². The standard InChI is InChI=1S/C14H14N4O/c15-11-12-1-3-13(4-2-12)18-6-5-14(16-18)17-7-9-19-10-8-17/h1-6H,7-10H2. The molecule has 0 radical (unpaired) electrons. The molecule has 0 spiro atoms. The second kappa shape index (κ2) is 5.12. The molecule has 19 heavy (non-hydrogen) atoms. The Bertz CT molecular complexity index is 591. The molecule has 0 amide bonds. The van der Waals surface area contributed by atoms with E-state index in [1.165, 1.54) is 0 Å². The maximum Gasteiger partial charge on any atom is 0.151 e. The van der Waals surface area contributed by atoms with Crippen molar-refractivity contribution in [1.82, 2.24) is 9.78 Å². The Balaban J connectivity index is 1.81. The fraction of sp³-hybridized carbons (Fsp3) is 0.286. The van der Waals surface area contributed by atoms with Crippen LogP contribution >= 0.6 is 0 Å². The van der Waals surface area contributed by atoms with E-state index in [4.69, 9.17) is 10.00 Å². The first kappa shape index (κ1) is 11.8. The van der Waals surface area contributed by atoms with E-state index in [0.717, 1.165) is 37.8 Å². The van der Waals surface area contributed by atoms with Gasteiger partial charge in [0.05, 0.1) is 30.5 Å². The second-order valence-corrected chi connectivity index (χ2v) is 4.38. The zero-order valence-corrected chi connectivity index (χ0v) is 10.5. The molecule has 2 heterocycles. The fourth-order valence-corrected chi connectivity index (χ4v) is 2.11. The van der Waals surface area contributed by atoms with Crippen LogP contribution in [-0.4, -0.2) is 36.1 Å². The molecule has 0 bridgehead atoms. The molecule has 1 aromatic heterocycles. The molecule has 96 valence electrons. The summed E-state index contributed by atoms with van der Waals surface area (Å²) in [5.41, 5.74) is 1.61. The third-order valence-electron chi connectivity index (χ3n) is 3.17. The maximum atomic E-state index is 8.78. The van der Waals surface area contributed by atoms with Crippen LogP contribution in [0.2, 0.25) is 0 Å². The molecule has 0 atom stereocenters.